The Labute approximate surface area is 130 Å². The molecule has 1 aliphatic rings. The standard InChI is InChI=1S/C11H18N4OS.2ClH/c1-9-7-12-3-5-15(9)8-10(16)14(2)11-13-4-6-17-11;;/h4,6,9,12H,3,5,7-8H2,1-2H3;2*1H/t9-;;/m0../s1. The zero-order valence-corrected chi connectivity index (χ0v) is 13.5. The molecule has 8 heteroatoms. The predicted molar refractivity (Wildman–Crippen MR) is 83.9 cm³/mol. The van der Waals surface area contributed by atoms with Gasteiger partial charge in [0, 0.05) is 44.3 Å². The van der Waals surface area contributed by atoms with Crippen molar-refractivity contribution in [2.75, 3.05) is 38.1 Å². The van der Waals surface area contributed by atoms with E-state index in [0.29, 0.717) is 12.6 Å². The molecule has 1 fully saturated rings. The molecule has 1 atom stereocenters. The number of amides is 1. The van der Waals surface area contributed by atoms with E-state index in [0.717, 1.165) is 24.8 Å². The summed E-state index contributed by atoms with van der Waals surface area (Å²) in [7, 11) is 1.79. The number of rotatable bonds is 3. The molecule has 0 aromatic carbocycles. The van der Waals surface area contributed by atoms with E-state index in [1.165, 1.54) is 11.3 Å². The molecule has 0 bridgehead atoms. The second kappa shape index (κ2) is 8.71. The summed E-state index contributed by atoms with van der Waals surface area (Å²) < 4.78 is 0. The zero-order chi connectivity index (χ0) is 12.3. The van der Waals surface area contributed by atoms with Gasteiger partial charge in [-0.05, 0) is 6.92 Å². The van der Waals surface area contributed by atoms with Crippen LogP contribution in [0.5, 0.6) is 0 Å². The number of thiazole rings is 1. The van der Waals surface area contributed by atoms with Crippen molar-refractivity contribution >= 4 is 47.2 Å². The molecule has 2 heterocycles. The number of nitrogens with zero attached hydrogens (tertiary/aromatic N) is 3. The second-order valence-electron chi connectivity index (χ2n) is 4.29. The lowest BCUT2D eigenvalue weighted by Crippen LogP contribution is -2.52. The molecule has 0 radical (unpaired) electrons. The molecule has 110 valence electrons. The van der Waals surface area contributed by atoms with Gasteiger partial charge in [0.15, 0.2) is 5.13 Å². The van der Waals surface area contributed by atoms with Crippen LogP contribution in [0.25, 0.3) is 0 Å². The molecule has 1 saturated heterocycles. The van der Waals surface area contributed by atoms with Crippen molar-refractivity contribution < 1.29 is 4.79 Å². The minimum atomic E-state index is 0. The first-order valence-corrected chi connectivity index (χ1v) is 6.67. The SMILES string of the molecule is C[C@H]1CNCCN1CC(=O)N(C)c1nccs1.Cl.Cl. The van der Waals surface area contributed by atoms with Crippen LogP contribution in [0, 0.1) is 0 Å². The summed E-state index contributed by atoms with van der Waals surface area (Å²) in [5, 5.41) is 5.96. The molecule has 19 heavy (non-hydrogen) atoms. The number of hydrogen-bond acceptors (Lipinski definition) is 5. The van der Waals surface area contributed by atoms with Gasteiger partial charge in [0.1, 0.15) is 0 Å². The first kappa shape index (κ1) is 18.6. The van der Waals surface area contributed by atoms with Crippen LogP contribution < -0.4 is 10.2 Å². The Morgan fingerprint density at radius 3 is 2.95 bits per heavy atom. The van der Waals surface area contributed by atoms with Crippen molar-refractivity contribution in [1.29, 1.82) is 0 Å². The van der Waals surface area contributed by atoms with E-state index in [1.54, 1.807) is 18.1 Å². The Balaban J connectivity index is 0.00000162. The quantitative estimate of drug-likeness (QED) is 0.908. The van der Waals surface area contributed by atoms with Gasteiger partial charge in [-0.15, -0.1) is 36.2 Å². The highest BCUT2D eigenvalue weighted by molar-refractivity contribution is 7.13. The van der Waals surface area contributed by atoms with Gasteiger partial charge in [-0.3, -0.25) is 14.6 Å². The topological polar surface area (TPSA) is 48.5 Å². The number of nitrogens with one attached hydrogen (secondary N) is 1. The molecule has 1 aromatic heterocycles. The van der Waals surface area contributed by atoms with Gasteiger partial charge in [-0.2, -0.15) is 0 Å². The highest BCUT2D eigenvalue weighted by Gasteiger charge is 2.22. The van der Waals surface area contributed by atoms with Crippen LogP contribution in [-0.4, -0.2) is 55.1 Å². The van der Waals surface area contributed by atoms with Gasteiger partial charge in [0.05, 0.1) is 6.54 Å². The average molecular weight is 327 g/mol. The number of halogens is 2. The van der Waals surface area contributed by atoms with Crippen LogP contribution >= 0.6 is 36.2 Å². The van der Waals surface area contributed by atoms with Gasteiger partial charge in [-0.1, -0.05) is 0 Å². The van der Waals surface area contributed by atoms with E-state index < -0.39 is 0 Å². The number of aromatic nitrogens is 1. The van der Waals surface area contributed by atoms with E-state index >= 15 is 0 Å². The highest BCUT2D eigenvalue weighted by Crippen LogP contribution is 2.16. The third-order valence-corrected chi connectivity index (χ3v) is 3.91. The number of likely N-dealkylation sites (N-methyl/N-ethyl adjacent to an activating group) is 1. The van der Waals surface area contributed by atoms with E-state index in [1.807, 2.05) is 5.38 Å². The Kier molecular flexibility index (Phi) is 8.52. The number of hydrogen-bond donors (Lipinski definition) is 1. The van der Waals surface area contributed by atoms with Crippen LogP contribution in [0.3, 0.4) is 0 Å². The Morgan fingerprint density at radius 1 is 1.63 bits per heavy atom. The van der Waals surface area contributed by atoms with Gasteiger partial charge in [0.2, 0.25) is 5.91 Å². The maximum Gasteiger partial charge on any atom is 0.242 e. The van der Waals surface area contributed by atoms with Gasteiger partial charge in [-0.25, -0.2) is 4.98 Å². The third kappa shape index (κ3) is 4.89. The van der Waals surface area contributed by atoms with Crippen LogP contribution in [0.4, 0.5) is 5.13 Å². The van der Waals surface area contributed by atoms with Gasteiger partial charge >= 0.3 is 0 Å². The van der Waals surface area contributed by atoms with E-state index in [-0.39, 0.29) is 30.7 Å². The second-order valence-corrected chi connectivity index (χ2v) is 5.16. The summed E-state index contributed by atoms with van der Waals surface area (Å²) in [6.45, 7) is 5.45. The van der Waals surface area contributed by atoms with Gasteiger partial charge < -0.3 is 5.32 Å². The minimum Gasteiger partial charge on any atom is -0.314 e. The lowest BCUT2D eigenvalue weighted by Gasteiger charge is -2.33. The smallest absolute Gasteiger partial charge is 0.242 e. The first-order valence-electron chi connectivity index (χ1n) is 5.79. The molecule has 1 aliphatic heterocycles. The molecule has 1 aromatic rings. The summed E-state index contributed by atoms with van der Waals surface area (Å²) in [6.07, 6.45) is 1.72. The molecule has 2 rings (SSSR count). The van der Waals surface area contributed by atoms with Crippen molar-refractivity contribution in [1.82, 2.24) is 15.2 Å². The molecule has 0 aliphatic carbocycles. The minimum absolute atomic E-state index is 0. The Bertz CT molecular complexity index is 377. The van der Waals surface area contributed by atoms with Crippen molar-refractivity contribution in [3.8, 4) is 0 Å². The van der Waals surface area contributed by atoms with Crippen LogP contribution in [0.1, 0.15) is 6.92 Å². The van der Waals surface area contributed by atoms with Crippen molar-refractivity contribution in [2.24, 2.45) is 0 Å². The number of carbonyl (C=O) groups is 1. The monoisotopic (exact) mass is 326 g/mol. The Morgan fingerprint density at radius 2 is 2.37 bits per heavy atom. The third-order valence-electron chi connectivity index (χ3n) is 3.06. The Hall–Kier alpha value is -0.400. The van der Waals surface area contributed by atoms with E-state index in [9.17, 15) is 4.79 Å². The maximum atomic E-state index is 12.1. The zero-order valence-electron chi connectivity index (χ0n) is 11.0. The fourth-order valence-electron chi connectivity index (χ4n) is 1.89. The molecule has 0 spiro atoms. The summed E-state index contributed by atoms with van der Waals surface area (Å²) in [6, 6.07) is 0.414. The normalized spacial score (nSPS) is 19.2. The number of carbonyl (C=O) groups excluding carboxylic acids is 1. The van der Waals surface area contributed by atoms with Crippen molar-refractivity contribution in [2.45, 2.75) is 13.0 Å². The summed E-state index contributed by atoms with van der Waals surface area (Å²) in [4.78, 5) is 20.1. The lowest BCUT2D eigenvalue weighted by molar-refractivity contribution is -0.120. The fraction of sp³-hybridized carbons (Fsp3) is 0.636. The van der Waals surface area contributed by atoms with Crippen molar-refractivity contribution in [3.63, 3.8) is 0 Å². The first-order chi connectivity index (χ1) is 8.18. The number of piperazine rings is 1. The largest absolute Gasteiger partial charge is 0.314 e. The molecule has 0 unspecified atom stereocenters. The maximum absolute atomic E-state index is 12.1. The molecule has 0 saturated carbocycles. The molecular formula is C11H20Cl2N4OS. The molecule has 1 amide bonds. The van der Waals surface area contributed by atoms with Crippen LogP contribution in [0.2, 0.25) is 0 Å². The highest BCUT2D eigenvalue weighted by atomic mass is 35.5. The number of anilines is 1. The van der Waals surface area contributed by atoms with E-state index in [2.05, 4.69) is 22.1 Å². The molecule has 1 N–H and O–H groups in total. The average Bonchev–Trinajstić information content (AvgIpc) is 2.84. The van der Waals surface area contributed by atoms with Crippen LogP contribution in [-0.2, 0) is 4.79 Å². The summed E-state index contributed by atoms with van der Waals surface area (Å²) in [5.41, 5.74) is 0. The molecular weight excluding hydrogens is 307 g/mol. The van der Waals surface area contributed by atoms with Crippen LogP contribution in [0.15, 0.2) is 11.6 Å². The van der Waals surface area contributed by atoms with E-state index in [4.69, 9.17) is 0 Å². The summed E-state index contributed by atoms with van der Waals surface area (Å²) >= 11 is 1.49. The lowest BCUT2D eigenvalue weighted by atomic mass is 10.2. The fourth-order valence-corrected chi connectivity index (χ4v) is 2.51. The molecule has 5 nitrogen and oxygen atoms in total. The van der Waals surface area contributed by atoms with Gasteiger partial charge in [0.25, 0.3) is 0 Å². The predicted octanol–water partition coefficient (Wildman–Crippen LogP) is 1.24. The van der Waals surface area contributed by atoms with Crippen molar-refractivity contribution in [3.05, 3.63) is 11.6 Å². The summed E-state index contributed by atoms with van der Waals surface area (Å²) in [5.74, 6) is 0.105.